The summed E-state index contributed by atoms with van der Waals surface area (Å²) in [4.78, 5) is 9.90. The Balaban J connectivity index is 4.01. The van der Waals surface area contributed by atoms with Gasteiger partial charge in [0.15, 0.2) is 6.29 Å². The Kier molecular flexibility index (Phi) is 3.96. The van der Waals surface area contributed by atoms with Gasteiger partial charge in [-0.25, -0.2) is 0 Å². The number of carbonyl (C=O) groups excluding carboxylic acids is 1. The van der Waals surface area contributed by atoms with Crippen LogP contribution < -0.4 is 5.32 Å². The highest BCUT2D eigenvalue weighted by atomic mass is 79.9. The molecule has 0 fully saturated rings. The fourth-order valence-corrected chi connectivity index (χ4v) is 0.583. The van der Waals surface area contributed by atoms with Gasteiger partial charge in [0.1, 0.15) is 5.71 Å². The van der Waals surface area contributed by atoms with E-state index in [1.165, 1.54) is 6.20 Å². The van der Waals surface area contributed by atoms with E-state index in [9.17, 15) is 4.79 Å². The van der Waals surface area contributed by atoms with Crippen molar-refractivity contribution in [2.75, 3.05) is 7.05 Å². The zero-order valence-corrected chi connectivity index (χ0v) is 6.53. The predicted molar refractivity (Wildman–Crippen MR) is 39.9 cm³/mol. The Hall–Kier alpha value is -0.640. The van der Waals surface area contributed by atoms with E-state index >= 15 is 0 Å². The quantitative estimate of drug-likeness (QED) is 0.508. The Morgan fingerprint density at radius 1 is 1.78 bits per heavy atom. The largest absolute Gasteiger partial charge is 0.393 e. The van der Waals surface area contributed by atoms with Crippen LogP contribution in [0.25, 0.3) is 0 Å². The number of hydrogen-bond acceptors (Lipinski definition) is 3. The lowest BCUT2D eigenvalue weighted by atomic mass is 10.4. The molecule has 0 rings (SSSR count). The van der Waals surface area contributed by atoms with E-state index in [1.807, 2.05) is 0 Å². The van der Waals surface area contributed by atoms with E-state index in [2.05, 4.69) is 21.2 Å². The molecule has 0 saturated carbocycles. The Labute approximate surface area is 61.8 Å². The van der Waals surface area contributed by atoms with Crippen molar-refractivity contribution in [2.45, 2.75) is 0 Å². The summed E-state index contributed by atoms with van der Waals surface area (Å²) in [6.45, 7) is 0. The third-order valence-corrected chi connectivity index (χ3v) is 1.30. The highest BCUT2D eigenvalue weighted by Gasteiger charge is 1.95. The molecule has 50 valence electrons. The Morgan fingerprint density at radius 2 is 2.33 bits per heavy atom. The third kappa shape index (κ3) is 3.03. The van der Waals surface area contributed by atoms with Crippen molar-refractivity contribution in [3.8, 4) is 0 Å². The van der Waals surface area contributed by atoms with Crippen LogP contribution in [0.5, 0.6) is 0 Å². The van der Waals surface area contributed by atoms with Crippen molar-refractivity contribution in [3.05, 3.63) is 10.7 Å². The summed E-state index contributed by atoms with van der Waals surface area (Å²) in [6, 6.07) is 0. The molecular weight excluding hydrogens is 184 g/mol. The van der Waals surface area contributed by atoms with Crippen molar-refractivity contribution >= 4 is 27.9 Å². The lowest BCUT2D eigenvalue weighted by Gasteiger charge is -1.90. The number of aldehydes is 1. The molecule has 0 spiro atoms. The lowest BCUT2D eigenvalue weighted by Crippen LogP contribution is -2.01. The van der Waals surface area contributed by atoms with Crippen molar-refractivity contribution in [1.29, 1.82) is 5.41 Å². The minimum absolute atomic E-state index is 0.0654. The normalized spacial score (nSPS) is 10.7. The topological polar surface area (TPSA) is 53.0 Å². The summed E-state index contributed by atoms with van der Waals surface area (Å²) in [5, 5.41) is 9.60. The molecule has 0 unspecified atom stereocenters. The highest BCUT2D eigenvalue weighted by Crippen LogP contribution is 2.02. The SMILES string of the molecule is CN/C=C(/Br)C(=N)C=O. The van der Waals surface area contributed by atoms with Gasteiger partial charge in [-0.15, -0.1) is 0 Å². The zero-order valence-electron chi connectivity index (χ0n) is 4.94. The van der Waals surface area contributed by atoms with E-state index in [0.29, 0.717) is 10.8 Å². The van der Waals surface area contributed by atoms with Crippen molar-refractivity contribution in [1.82, 2.24) is 5.32 Å². The van der Waals surface area contributed by atoms with Crippen LogP contribution in [0.1, 0.15) is 0 Å². The van der Waals surface area contributed by atoms with Gasteiger partial charge in [-0.05, 0) is 15.9 Å². The predicted octanol–water partition coefficient (Wildman–Crippen LogP) is 0.661. The van der Waals surface area contributed by atoms with E-state index in [1.54, 1.807) is 7.05 Å². The van der Waals surface area contributed by atoms with Crippen LogP contribution in [0.3, 0.4) is 0 Å². The van der Waals surface area contributed by atoms with Gasteiger partial charge in [0.25, 0.3) is 0 Å². The van der Waals surface area contributed by atoms with Crippen LogP contribution in [0.15, 0.2) is 10.7 Å². The van der Waals surface area contributed by atoms with Gasteiger partial charge in [0.2, 0.25) is 0 Å². The van der Waals surface area contributed by atoms with Crippen molar-refractivity contribution in [3.63, 3.8) is 0 Å². The second-order valence-corrected chi connectivity index (χ2v) is 2.17. The maximum absolute atomic E-state index is 9.90. The van der Waals surface area contributed by atoms with E-state index in [-0.39, 0.29) is 5.71 Å². The third-order valence-electron chi connectivity index (χ3n) is 0.646. The van der Waals surface area contributed by atoms with Gasteiger partial charge in [-0.2, -0.15) is 0 Å². The summed E-state index contributed by atoms with van der Waals surface area (Å²) < 4.78 is 0.458. The van der Waals surface area contributed by atoms with Crippen LogP contribution in [-0.2, 0) is 4.79 Å². The summed E-state index contributed by atoms with van der Waals surface area (Å²) in [7, 11) is 1.69. The van der Waals surface area contributed by atoms with Gasteiger partial charge < -0.3 is 5.32 Å². The second kappa shape index (κ2) is 4.26. The fraction of sp³-hybridized carbons (Fsp3) is 0.200. The molecule has 0 aromatic heterocycles. The molecule has 0 bridgehead atoms. The molecule has 2 N–H and O–H groups in total. The van der Waals surface area contributed by atoms with E-state index in [4.69, 9.17) is 5.41 Å². The van der Waals surface area contributed by atoms with Gasteiger partial charge in [-0.1, -0.05) is 0 Å². The molecule has 4 heteroatoms. The monoisotopic (exact) mass is 190 g/mol. The molecule has 9 heavy (non-hydrogen) atoms. The first kappa shape index (κ1) is 8.36. The Morgan fingerprint density at radius 3 is 2.67 bits per heavy atom. The number of halogens is 1. The molecule has 0 heterocycles. The minimum atomic E-state index is -0.0654. The number of nitrogens with one attached hydrogen (secondary N) is 2. The fourth-order valence-electron chi connectivity index (χ4n) is 0.261. The van der Waals surface area contributed by atoms with Crippen LogP contribution in [0.4, 0.5) is 0 Å². The smallest absolute Gasteiger partial charge is 0.168 e. The molecule has 0 aromatic carbocycles. The first-order valence-corrected chi connectivity index (χ1v) is 3.08. The molecule has 0 aliphatic carbocycles. The number of allylic oxidation sites excluding steroid dienone is 1. The van der Waals surface area contributed by atoms with Gasteiger partial charge in [-0.3, -0.25) is 10.2 Å². The summed E-state index contributed by atoms with van der Waals surface area (Å²) in [6.07, 6.45) is 1.99. The molecule has 0 aliphatic heterocycles. The molecule has 0 saturated heterocycles. The van der Waals surface area contributed by atoms with Crippen LogP contribution >= 0.6 is 15.9 Å². The molecule has 0 aliphatic rings. The molecule has 3 nitrogen and oxygen atoms in total. The standard InChI is InChI=1S/C5H7BrN2O/c1-8-2-4(6)5(7)3-9/h2-3,7-8H,1H3/b4-2+,7-5?. The summed E-state index contributed by atoms with van der Waals surface area (Å²) >= 11 is 3.01. The van der Waals surface area contributed by atoms with Crippen LogP contribution in [0.2, 0.25) is 0 Å². The molecule has 0 amide bonds. The zero-order chi connectivity index (χ0) is 7.28. The van der Waals surface area contributed by atoms with Gasteiger partial charge in [0.05, 0.1) is 4.48 Å². The average molecular weight is 191 g/mol. The first-order valence-electron chi connectivity index (χ1n) is 2.29. The lowest BCUT2D eigenvalue weighted by molar-refractivity contribution is -0.102. The first-order chi connectivity index (χ1) is 4.22. The molecular formula is C5H7BrN2O. The maximum Gasteiger partial charge on any atom is 0.168 e. The van der Waals surface area contributed by atoms with Gasteiger partial charge in [0, 0.05) is 13.2 Å². The second-order valence-electron chi connectivity index (χ2n) is 1.31. The number of hydrogen-bond donors (Lipinski definition) is 2. The van der Waals surface area contributed by atoms with Crippen LogP contribution in [0, 0.1) is 5.41 Å². The number of rotatable bonds is 3. The molecule has 0 aromatic rings. The Bertz CT molecular complexity index is 153. The molecule has 0 radical (unpaired) electrons. The van der Waals surface area contributed by atoms with E-state index < -0.39 is 0 Å². The highest BCUT2D eigenvalue weighted by molar-refractivity contribution is 9.12. The summed E-state index contributed by atoms with van der Waals surface area (Å²) in [5.41, 5.74) is -0.0654. The summed E-state index contributed by atoms with van der Waals surface area (Å²) in [5.74, 6) is 0. The maximum atomic E-state index is 9.90. The van der Waals surface area contributed by atoms with Crippen LogP contribution in [-0.4, -0.2) is 19.0 Å². The van der Waals surface area contributed by atoms with E-state index in [0.717, 1.165) is 0 Å². The van der Waals surface area contributed by atoms with Crippen molar-refractivity contribution < 1.29 is 4.79 Å². The van der Waals surface area contributed by atoms with Gasteiger partial charge >= 0.3 is 0 Å². The molecule has 0 atom stereocenters. The minimum Gasteiger partial charge on any atom is -0.393 e. The number of carbonyl (C=O) groups is 1. The van der Waals surface area contributed by atoms with Crippen molar-refractivity contribution in [2.24, 2.45) is 0 Å². The average Bonchev–Trinajstić information content (AvgIpc) is 1.87.